The maximum atomic E-state index is 15.7. The third-order valence-electron chi connectivity index (χ3n) is 6.86. The second-order valence-corrected chi connectivity index (χ2v) is 10.6. The average Bonchev–Trinajstić information content (AvgIpc) is 3.74. The molecule has 0 saturated carbocycles. The highest BCUT2D eigenvalue weighted by Crippen LogP contribution is 2.47. The first kappa shape index (κ1) is 29.0. The smallest absolute Gasteiger partial charge is 0.279 e. The molecule has 0 radical (unpaired) electrons. The molecule has 0 spiro atoms. The van der Waals surface area contributed by atoms with Crippen LogP contribution in [0.3, 0.4) is 0 Å². The molecule has 224 valence electrons. The van der Waals surface area contributed by atoms with Crippen molar-refractivity contribution in [3.8, 4) is 39.5 Å². The van der Waals surface area contributed by atoms with Gasteiger partial charge in [-0.2, -0.15) is 5.10 Å². The van der Waals surface area contributed by atoms with Gasteiger partial charge in [-0.05, 0) is 35.2 Å². The van der Waals surface area contributed by atoms with Gasteiger partial charge >= 0.3 is 0 Å². The Hall–Kier alpha value is -5.11. The third-order valence-corrected chi connectivity index (χ3v) is 7.80. The van der Waals surface area contributed by atoms with E-state index in [4.69, 9.17) is 9.72 Å². The number of aromatic nitrogens is 3. The second-order valence-electron chi connectivity index (χ2n) is 9.73. The number of carbonyl (C=O) groups is 2. The molecule has 0 fully saturated rings. The number of aromatic amines is 1. The number of benzene rings is 2. The number of hydrogen-bond donors (Lipinski definition) is 3. The molecule has 8 nitrogen and oxygen atoms in total. The van der Waals surface area contributed by atoms with E-state index in [1.165, 1.54) is 17.4 Å². The number of halogens is 5. The Morgan fingerprint density at radius 2 is 1.93 bits per heavy atom. The van der Waals surface area contributed by atoms with E-state index in [1.807, 2.05) is 0 Å². The number of nitrogens with one attached hydrogen (secondary N) is 3. The SMILES string of the molecule is C=C(F)C(=O)NCc1cc(-c2nc(-c3ccc4c(c3)CNC4=O)c3ccsc3c2-c2c(F)cc(F)cc2OCC(F)F)n[nH]1. The van der Waals surface area contributed by atoms with Gasteiger partial charge in [0.05, 0.1) is 23.5 Å². The maximum Gasteiger partial charge on any atom is 0.279 e. The Kier molecular flexibility index (Phi) is 7.59. The number of amides is 2. The first-order valence-electron chi connectivity index (χ1n) is 13.0. The van der Waals surface area contributed by atoms with E-state index in [1.54, 1.807) is 29.6 Å². The van der Waals surface area contributed by atoms with Gasteiger partial charge in [0.2, 0.25) is 0 Å². The largest absolute Gasteiger partial charge is 0.487 e. The van der Waals surface area contributed by atoms with Crippen molar-refractivity contribution in [3.63, 3.8) is 0 Å². The van der Waals surface area contributed by atoms with E-state index in [9.17, 15) is 27.2 Å². The van der Waals surface area contributed by atoms with E-state index in [-0.39, 0.29) is 35.0 Å². The van der Waals surface area contributed by atoms with E-state index in [2.05, 4.69) is 27.4 Å². The fourth-order valence-corrected chi connectivity index (χ4v) is 5.89. The van der Waals surface area contributed by atoms with Crippen LogP contribution in [0.2, 0.25) is 0 Å². The summed E-state index contributed by atoms with van der Waals surface area (Å²) >= 11 is 1.21. The number of thiophene rings is 1. The first-order chi connectivity index (χ1) is 21.1. The molecule has 0 saturated heterocycles. The van der Waals surface area contributed by atoms with Gasteiger partial charge in [-0.1, -0.05) is 12.6 Å². The van der Waals surface area contributed by atoms with Crippen LogP contribution in [0, 0.1) is 11.6 Å². The fourth-order valence-electron chi connectivity index (χ4n) is 4.95. The standard InChI is InChI=1S/C30H20F5N5O3S/c1-13(31)29(41)37-11-17-9-21(40-39-17)27-25(24-20(33)7-16(32)8-22(24)43-12-23(34)35)28-19(4-5-44-28)26(38-27)14-2-3-18-15(6-14)10-36-30(18)42/h2-9,23H,1,10-12H2,(H,36,42)(H,37,41)(H,39,40). The van der Waals surface area contributed by atoms with Crippen molar-refractivity contribution < 1.29 is 36.3 Å². The summed E-state index contributed by atoms with van der Waals surface area (Å²) in [6, 6.07) is 9.87. The molecule has 0 atom stereocenters. The van der Waals surface area contributed by atoms with Crippen LogP contribution >= 0.6 is 11.3 Å². The quantitative estimate of drug-likeness (QED) is 0.132. The van der Waals surface area contributed by atoms with E-state index >= 15 is 4.39 Å². The molecule has 2 aromatic carbocycles. The highest BCUT2D eigenvalue weighted by atomic mass is 32.1. The number of rotatable bonds is 9. The summed E-state index contributed by atoms with van der Waals surface area (Å²) in [6.45, 7) is 1.99. The molecule has 0 aliphatic carbocycles. The first-order valence-corrected chi connectivity index (χ1v) is 13.9. The molecule has 5 aromatic rings. The van der Waals surface area contributed by atoms with Crippen LogP contribution in [0.4, 0.5) is 22.0 Å². The number of hydrogen-bond acceptors (Lipinski definition) is 6. The number of H-pyrrole nitrogens is 1. The molecule has 14 heteroatoms. The number of nitrogens with zero attached hydrogens (tertiary/aromatic N) is 2. The lowest BCUT2D eigenvalue weighted by Crippen LogP contribution is -2.22. The third kappa shape index (κ3) is 5.39. The molecule has 2 amide bonds. The fraction of sp³-hybridized carbons (Fsp3) is 0.133. The molecule has 3 N–H and O–H groups in total. The van der Waals surface area contributed by atoms with Crippen molar-refractivity contribution in [2.24, 2.45) is 0 Å². The lowest BCUT2D eigenvalue weighted by Gasteiger charge is -2.17. The van der Waals surface area contributed by atoms with Crippen LogP contribution in [0.1, 0.15) is 21.6 Å². The molecule has 0 unspecified atom stereocenters. The summed E-state index contributed by atoms with van der Waals surface area (Å²) in [7, 11) is 0. The average molecular weight is 626 g/mol. The predicted octanol–water partition coefficient (Wildman–Crippen LogP) is 6.29. The normalized spacial score (nSPS) is 12.5. The molecule has 44 heavy (non-hydrogen) atoms. The molecule has 0 bridgehead atoms. The highest BCUT2D eigenvalue weighted by molar-refractivity contribution is 7.18. The summed E-state index contributed by atoms with van der Waals surface area (Å²) in [5.74, 6) is -4.98. The monoisotopic (exact) mass is 625 g/mol. The number of carbonyl (C=O) groups excluding carboxylic acids is 2. The molecule has 1 aliphatic heterocycles. The summed E-state index contributed by atoms with van der Waals surface area (Å²) in [6.07, 6.45) is -2.92. The lowest BCUT2D eigenvalue weighted by molar-refractivity contribution is -0.119. The molecular weight excluding hydrogens is 605 g/mol. The van der Waals surface area contributed by atoms with Crippen LogP contribution in [0.5, 0.6) is 5.75 Å². The number of alkyl halides is 2. The summed E-state index contributed by atoms with van der Waals surface area (Å²) in [4.78, 5) is 28.7. The number of ether oxygens (including phenoxy) is 1. The van der Waals surface area contributed by atoms with Crippen LogP contribution < -0.4 is 15.4 Å². The van der Waals surface area contributed by atoms with E-state index in [0.29, 0.717) is 45.2 Å². The van der Waals surface area contributed by atoms with Crippen molar-refractivity contribution in [1.82, 2.24) is 25.8 Å². The minimum Gasteiger partial charge on any atom is -0.487 e. The maximum absolute atomic E-state index is 15.7. The van der Waals surface area contributed by atoms with Gasteiger partial charge in [0, 0.05) is 45.5 Å². The Bertz CT molecular complexity index is 1970. The Morgan fingerprint density at radius 1 is 1.11 bits per heavy atom. The lowest BCUT2D eigenvalue weighted by atomic mass is 9.95. The summed E-state index contributed by atoms with van der Waals surface area (Å²) in [5.41, 5.74) is 2.73. The zero-order valence-electron chi connectivity index (χ0n) is 22.4. The number of fused-ring (bicyclic) bond motifs is 2. The number of pyridine rings is 1. The second kappa shape index (κ2) is 11.5. The Morgan fingerprint density at radius 3 is 2.70 bits per heavy atom. The van der Waals surface area contributed by atoms with Gasteiger partial charge < -0.3 is 15.4 Å². The van der Waals surface area contributed by atoms with E-state index < -0.39 is 42.2 Å². The van der Waals surface area contributed by atoms with Gasteiger partial charge in [-0.15, -0.1) is 11.3 Å². The summed E-state index contributed by atoms with van der Waals surface area (Å²) < 4.78 is 75.1. The van der Waals surface area contributed by atoms with Crippen molar-refractivity contribution in [2.45, 2.75) is 19.5 Å². The van der Waals surface area contributed by atoms with Gasteiger partial charge in [-0.25, -0.2) is 26.9 Å². The molecule has 3 aromatic heterocycles. The zero-order valence-corrected chi connectivity index (χ0v) is 23.3. The Balaban J connectivity index is 1.58. The van der Waals surface area contributed by atoms with Crippen LogP contribution in [-0.4, -0.2) is 40.0 Å². The predicted molar refractivity (Wildman–Crippen MR) is 153 cm³/mol. The van der Waals surface area contributed by atoms with Gasteiger partial charge in [0.1, 0.15) is 35.4 Å². The van der Waals surface area contributed by atoms with Gasteiger partial charge in [-0.3, -0.25) is 14.7 Å². The van der Waals surface area contributed by atoms with Gasteiger partial charge in [0.25, 0.3) is 18.2 Å². The van der Waals surface area contributed by atoms with Crippen LogP contribution in [-0.2, 0) is 17.9 Å². The van der Waals surface area contributed by atoms with E-state index in [0.717, 1.165) is 11.6 Å². The van der Waals surface area contributed by atoms with Crippen LogP contribution in [0.25, 0.3) is 43.9 Å². The highest BCUT2D eigenvalue weighted by Gasteiger charge is 2.28. The topological polar surface area (TPSA) is 109 Å². The van der Waals surface area contributed by atoms with Crippen molar-refractivity contribution in [1.29, 1.82) is 0 Å². The van der Waals surface area contributed by atoms with Crippen LogP contribution in [0.15, 0.2) is 60.3 Å². The Labute approximate surface area is 249 Å². The van der Waals surface area contributed by atoms with Crippen molar-refractivity contribution >= 4 is 33.2 Å². The molecule has 1 aliphatic rings. The van der Waals surface area contributed by atoms with Crippen molar-refractivity contribution in [2.75, 3.05) is 6.61 Å². The molecule has 6 rings (SSSR count). The summed E-state index contributed by atoms with van der Waals surface area (Å²) in [5, 5.41) is 14.4. The minimum absolute atomic E-state index is 0.0841. The minimum atomic E-state index is -2.92. The van der Waals surface area contributed by atoms with Crippen molar-refractivity contribution in [3.05, 3.63) is 88.7 Å². The van der Waals surface area contributed by atoms with Gasteiger partial charge in [0.15, 0.2) is 5.83 Å². The molecular formula is C30H20F5N5O3S. The zero-order chi connectivity index (χ0) is 31.1. The molecule has 4 heterocycles.